The molecule has 0 fully saturated rings. The van der Waals surface area contributed by atoms with Crippen LogP contribution < -0.4 is 20.1 Å². The highest BCUT2D eigenvalue weighted by Gasteiger charge is 2.18. The van der Waals surface area contributed by atoms with Gasteiger partial charge >= 0.3 is 0 Å². The molecule has 28 heavy (non-hydrogen) atoms. The third kappa shape index (κ3) is 7.93. The number of nitrogens with zero attached hydrogens (tertiary/aromatic N) is 2. The fraction of sp³-hybridized carbons (Fsp3) is 0.632. The molecule has 0 aromatic heterocycles. The Bertz CT molecular complexity index is 750. The van der Waals surface area contributed by atoms with Gasteiger partial charge in [-0.1, -0.05) is 6.07 Å². The van der Waals surface area contributed by atoms with Crippen molar-refractivity contribution in [2.45, 2.75) is 25.4 Å². The van der Waals surface area contributed by atoms with Gasteiger partial charge in [0, 0.05) is 25.9 Å². The maximum atomic E-state index is 11.3. The zero-order chi connectivity index (χ0) is 21.3. The van der Waals surface area contributed by atoms with Gasteiger partial charge in [0.05, 0.1) is 26.0 Å². The molecule has 160 valence electrons. The summed E-state index contributed by atoms with van der Waals surface area (Å²) < 4.78 is 33.4. The van der Waals surface area contributed by atoms with Crippen LogP contribution in [0.25, 0.3) is 0 Å². The second kappa shape index (κ2) is 11.1. The summed E-state index contributed by atoms with van der Waals surface area (Å²) in [5.74, 6) is 2.15. The lowest BCUT2D eigenvalue weighted by Crippen LogP contribution is -2.45. The van der Waals surface area contributed by atoms with Gasteiger partial charge in [0.1, 0.15) is 9.84 Å². The van der Waals surface area contributed by atoms with Crippen LogP contribution in [0.2, 0.25) is 0 Å². The molecule has 0 radical (unpaired) electrons. The number of aliphatic imine (C=N–C) groups is 1. The van der Waals surface area contributed by atoms with Crippen LogP contribution in [0.15, 0.2) is 23.2 Å². The van der Waals surface area contributed by atoms with Crippen LogP contribution in [0.1, 0.15) is 24.9 Å². The molecule has 9 heteroatoms. The molecule has 0 saturated heterocycles. The normalized spacial score (nSPS) is 14.5. The Hall–Kier alpha value is -2.00. The molecule has 0 amide bonds. The van der Waals surface area contributed by atoms with Gasteiger partial charge in [0.15, 0.2) is 17.5 Å². The van der Waals surface area contributed by atoms with Crippen molar-refractivity contribution in [1.29, 1.82) is 0 Å². The van der Waals surface area contributed by atoms with Crippen molar-refractivity contribution in [2.24, 2.45) is 4.99 Å². The zero-order valence-electron chi connectivity index (χ0n) is 17.9. The summed E-state index contributed by atoms with van der Waals surface area (Å²) >= 11 is 0. The molecule has 0 heterocycles. The van der Waals surface area contributed by atoms with E-state index in [0.717, 1.165) is 5.56 Å². The first kappa shape index (κ1) is 24.0. The van der Waals surface area contributed by atoms with Crippen LogP contribution in [0, 0.1) is 0 Å². The lowest BCUT2D eigenvalue weighted by molar-refractivity contribution is 0.295. The van der Waals surface area contributed by atoms with E-state index in [2.05, 4.69) is 20.5 Å². The molecule has 2 atom stereocenters. The number of rotatable bonds is 10. The van der Waals surface area contributed by atoms with Crippen LogP contribution in [0.3, 0.4) is 0 Å². The molecule has 1 rings (SSSR count). The first-order valence-electron chi connectivity index (χ1n) is 9.14. The van der Waals surface area contributed by atoms with E-state index in [4.69, 9.17) is 9.47 Å². The topological polar surface area (TPSA) is 92.3 Å². The minimum absolute atomic E-state index is 0.0141. The van der Waals surface area contributed by atoms with E-state index >= 15 is 0 Å². The van der Waals surface area contributed by atoms with E-state index in [1.54, 1.807) is 21.3 Å². The largest absolute Gasteiger partial charge is 0.493 e. The van der Waals surface area contributed by atoms with Crippen LogP contribution in [-0.4, -0.2) is 79.2 Å². The number of sulfone groups is 1. The molecule has 1 aromatic rings. The van der Waals surface area contributed by atoms with Gasteiger partial charge in [-0.25, -0.2) is 8.42 Å². The molecule has 8 nitrogen and oxygen atoms in total. The van der Waals surface area contributed by atoms with Gasteiger partial charge in [-0.3, -0.25) is 4.99 Å². The van der Waals surface area contributed by atoms with Crippen molar-refractivity contribution in [3.05, 3.63) is 23.8 Å². The Morgan fingerprint density at radius 1 is 1.21 bits per heavy atom. The number of hydrogen-bond donors (Lipinski definition) is 2. The summed E-state index contributed by atoms with van der Waals surface area (Å²) in [5.41, 5.74) is 1.08. The number of ether oxygens (including phenoxy) is 2. The van der Waals surface area contributed by atoms with E-state index in [9.17, 15) is 8.42 Å². The van der Waals surface area contributed by atoms with Crippen LogP contribution in [-0.2, 0) is 9.84 Å². The summed E-state index contributed by atoms with van der Waals surface area (Å²) in [6, 6.07) is 5.93. The summed E-state index contributed by atoms with van der Waals surface area (Å²) in [7, 11) is 5.97. The third-order valence-electron chi connectivity index (χ3n) is 4.41. The Labute approximate surface area is 169 Å². The molecule has 0 spiro atoms. The maximum Gasteiger partial charge on any atom is 0.191 e. The van der Waals surface area contributed by atoms with E-state index in [0.29, 0.717) is 30.4 Å². The molecule has 0 aliphatic rings. The first-order valence-corrected chi connectivity index (χ1v) is 11.2. The standard InChI is InChI=1S/C19H34N4O4S/c1-14(10-11-28(7,24)25)22-19(20-2)21-13-16(23(3)4)15-8-9-17(26-5)18(12-15)27-6/h8-9,12,14,16H,10-11,13H2,1-7H3,(H2,20,21,22). The minimum Gasteiger partial charge on any atom is -0.493 e. The van der Waals surface area contributed by atoms with Gasteiger partial charge < -0.3 is 25.0 Å². The van der Waals surface area contributed by atoms with Gasteiger partial charge in [-0.05, 0) is 45.1 Å². The number of nitrogens with one attached hydrogen (secondary N) is 2. The number of hydrogen-bond acceptors (Lipinski definition) is 6. The Kier molecular flexibility index (Phi) is 9.54. The van der Waals surface area contributed by atoms with Crippen molar-refractivity contribution in [3.8, 4) is 11.5 Å². The van der Waals surface area contributed by atoms with E-state index < -0.39 is 9.84 Å². The summed E-state index contributed by atoms with van der Waals surface area (Å²) in [4.78, 5) is 6.35. The fourth-order valence-electron chi connectivity index (χ4n) is 2.74. The SMILES string of the molecule is CN=C(NCC(c1ccc(OC)c(OC)c1)N(C)C)NC(C)CCS(C)(=O)=O. The predicted octanol–water partition coefficient (Wildman–Crippen LogP) is 1.29. The number of methoxy groups -OCH3 is 2. The Morgan fingerprint density at radius 3 is 2.36 bits per heavy atom. The molecule has 0 bridgehead atoms. The van der Waals surface area contributed by atoms with Gasteiger partial charge in [0.25, 0.3) is 0 Å². The average molecular weight is 415 g/mol. The summed E-state index contributed by atoms with van der Waals surface area (Å²) in [5, 5.41) is 6.56. The molecule has 0 aliphatic carbocycles. The highest BCUT2D eigenvalue weighted by molar-refractivity contribution is 7.90. The highest BCUT2D eigenvalue weighted by atomic mass is 32.2. The van der Waals surface area contributed by atoms with Crippen LogP contribution in [0.5, 0.6) is 11.5 Å². The van der Waals surface area contributed by atoms with Crippen molar-refractivity contribution >= 4 is 15.8 Å². The second-order valence-electron chi connectivity index (χ2n) is 7.01. The monoisotopic (exact) mass is 414 g/mol. The predicted molar refractivity (Wildman–Crippen MR) is 114 cm³/mol. The van der Waals surface area contributed by atoms with E-state index in [-0.39, 0.29) is 17.8 Å². The number of likely N-dealkylation sites (N-methyl/N-ethyl adjacent to an activating group) is 1. The fourth-order valence-corrected chi connectivity index (χ4v) is 3.52. The second-order valence-corrected chi connectivity index (χ2v) is 9.27. The van der Waals surface area contributed by atoms with E-state index in [1.165, 1.54) is 6.26 Å². The van der Waals surface area contributed by atoms with Crippen LogP contribution >= 0.6 is 0 Å². The number of guanidine groups is 1. The molecule has 2 N–H and O–H groups in total. The Balaban J connectivity index is 2.79. The maximum absolute atomic E-state index is 11.3. The molecular weight excluding hydrogens is 380 g/mol. The van der Waals surface area contributed by atoms with Crippen molar-refractivity contribution in [3.63, 3.8) is 0 Å². The van der Waals surface area contributed by atoms with E-state index in [1.807, 2.05) is 39.2 Å². The number of benzene rings is 1. The quantitative estimate of drug-likeness (QED) is 0.440. The molecule has 0 aliphatic heterocycles. The van der Waals surface area contributed by atoms with Crippen molar-refractivity contribution < 1.29 is 17.9 Å². The van der Waals surface area contributed by atoms with Crippen molar-refractivity contribution in [2.75, 3.05) is 53.9 Å². The zero-order valence-corrected chi connectivity index (χ0v) is 18.8. The lowest BCUT2D eigenvalue weighted by atomic mass is 10.1. The highest BCUT2D eigenvalue weighted by Crippen LogP contribution is 2.31. The molecule has 2 unspecified atom stereocenters. The lowest BCUT2D eigenvalue weighted by Gasteiger charge is -2.27. The van der Waals surface area contributed by atoms with Crippen molar-refractivity contribution in [1.82, 2.24) is 15.5 Å². The molecular formula is C19H34N4O4S. The van der Waals surface area contributed by atoms with Crippen LogP contribution in [0.4, 0.5) is 0 Å². The summed E-state index contributed by atoms with van der Waals surface area (Å²) in [6.07, 6.45) is 1.77. The smallest absolute Gasteiger partial charge is 0.191 e. The average Bonchev–Trinajstić information content (AvgIpc) is 2.64. The van der Waals surface area contributed by atoms with Gasteiger partial charge in [-0.15, -0.1) is 0 Å². The minimum atomic E-state index is -2.98. The third-order valence-corrected chi connectivity index (χ3v) is 5.38. The van der Waals surface area contributed by atoms with Gasteiger partial charge in [-0.2, -0.15) is 0 Å². The first-order chi connectivity index (χ1) is 13.1. The summed E-state index contributed by atoms with van der Waals surface area (Å²) in [6.45, 7) is 2.55. The van der Waals surface area contributed by atoms with Gasteiger partial charge in [0.2, 0.25) is 0 Å². The Morgan fingerprint density at radius 2 is 1.86 bits per heavy atom. The molecule has 1 aromatic carbocycles. The molecule has 0 saturated carbocycles.